The summed E-state index contributed by atoms with van der Waals surface area (Å²) in [7, 11) is 0. The Morgan fingerprint density at radius 3 is 2.62 bits per heavy atom. The maximum absolute atomic E-state index is 13.5. The van der Waals surface area contributed by atoms with Crippen molar-refractivity contribution in [2.45, 2.75) is 6.10 Å². The van der Waals surface area contributed by atoms with E-state index in [2.05, 4.69) is 5.32 Å². The van der Waals surface area contributed by atoms with Gasteiger partial charge < -0.3 is 10.4 Å². The number of carbonyl (C=O) groups is 1. The molecule has 0 aliphatic rings. The number of aliphatic hydroxyl groups excluding tert-OH is 1. The summed E-state index contributed by atoms with van der Waals surface area (Å²) in [6, 6.07) is 9.25. The fourth-order valence-electron chi connectivity index (χ4n) is 1.81. The molecule has 1 atom stereocenters. The smallest absolute Gasteiger partial charge is 0.254 e. The quantitative estimate of drug-likeness (QED) is 0.911. The van der Waals surface area contributed by atoms with Gasteiger partial charge in [-0.25, -0.2) is 8.78 Å². The van der Waals surface area contributed by atoms with Crippen molar-refractivity contribution in [3.05, 3.63) is 70.2 Å². The van der Waals surface area contributed by atoms with Gasteiger partial charge in [0.15, 0.2) is 0 Å². The van der Waals surface area contributed by atoms with Gasteiger partial charge in [-0.15, -0.1) is 0 Å². The Morgan fingerprint density at radius 2 is 1.90 bits per heavy atom. The summed E-state index contributed by atoms with van der Waals surface area (Å²) < 4.78 is 26.9. The lowest BCUT2D eigenvalue weighted by Gasteiger charge is -2.13. The zero-order valence-electron chi connectivity index (χ0n) is 10.8. The van der Waals surface area contributed by atoms with E-state index in [-0.39, 0.29) is 22.7 Å². The predicted octanol–water partition coefficient (Wildman–Crippen LogP) is 3.08. The number of amides is 1. The van der Waals surface area contributed by atoms with Gasteiger partial charge in [-0.2, -0.15) is 0 Å². The maximum atomic E-state index is 13.5. The Balaban J connectivity index is 2.04. The third kappa shape index (κ3) is 3.77. The Kier molecular flexibility index (Phi) is 4.88. The average molecular weight is 312 g/mol. The van der Waals surface area contributed by atoms with Crippen molar-refractivity contribution in [2.24, 2.45) is 0 Å². The van der Waals surface area contributed by atoms with E-state index >= 15 is 0 Å². The lowest BCUT2D eigenvalue weighted by molar-refractivity contribution is 0.0910. The Hall–Kier alpha value is -1.98. The van der Waals surface area contributed by atoms with Crippen molar-refractivity contribution < 1.29 is 18.7 Å². The Morgan fingerprint density at radius 1 is 1.19 bits per heavy atom. The second-order valence-corrected chi connectivity index (χ2v) is 4.81. The van der Waals surface area contributed by atoms with E-state index in [1.807, 2.05) is 0 Å². The largest absolute Gasteiger partial charge is 0.386 e. The van der Waals surface area contributed by atoms with E-state index in [4.69, 9.17) is 11.6 Å². The van der Waals surface area contributed by atoms with Crippen LogP contribution in [0.2, 0.25) is 5.02 Å². The summed E-state index contributed by atoms with van der Waals surface area (Å²) in [5.41, 5.74) is -0.174. The van der Waals surface area contributed by atoms with Crippen LogP contribution in [-0.2, 0) is 0 Å². The molecule has 0 heterocycles. The van der Waals surface area contributed by atoms with E-state index < -0.39 is 23.6 Å². The Labute approximate surface area is 125 Å². The Bertz CT molecular complexity index is 664. The van der Waals surface area contributed by atoms with Crippen LogP contribution in [0.15, 0.2) is 42.5 Å². The molecule has 2 N–H and O–H groups in total. The highest BCUT2D eigenvalue weighted by Crippen LogP contribution is 2.17. The van der Waals surface area contributed by atoms with Crippen molar-refractivity contribution in [3.8, 4) is 0 Å². The lowest BCUT2D eigenvalue weighted by atomic mass is 10.1. The van der Waals surface area contributed by atoms with E-state index in [0.29, 0.717) is 0 Å². The molecule has 3 nitrogen and oxygen atoms in total. The van der Waals surface area contributed by atoms with Crippen LogP contribution in [0, 0.1) is 11.6 Å². The summed E-state index contributed by atoms with van der Waals surface area (Å²) in [5, 5.41) is 12.4. The summed E-state index contributed by atoms with van der Waals surface area (Å²) in [4.78, 5) is 11.8. The first kappa shape index (κ1) is 15.4. The summed E-state index contributed by atoms with van der Waals surface area (Å²) in [6.45, 7) is -0.244. The van der Waals surface area contributed by atoms with Crippen LogP contribution < -0.4 is 5.32 Å². The number of nitrogens with one attached hydrogen (secondary N) is 1. The van der Waals surface area contributed by atoms with Crippen LogP contribution in [0.4, 0.5) is 8.78 Å². The molecule has 0 radical (unpaired) electrons. The van der Waals surface area contributed by atoms with Gasteiger partial charge in [0.1, 0.15) is 11.6 Å². The molecular weight excluding hydrogens is 300 g/mol. The minimum absolute atomic E-state index is 0.0596. The molecule has 0 spiro atoms. The van der Waals surface area contributed by atoms with E-state index in [1.54, 1.807) is 6.07 Å². The zero-order valence-corrected chi connectivity index (χ0v) is 11.6. The molecule has 2 rings (SSSR count). The van der Waals surface area contributed by atoms with Gasteiger partial charge in [-0.3, -0.25) is 4.79 Å². The lowest BCUT2D eigenvalue weighted by Crippen LogP contribution is -2.29. The van der Waals surface area contributed by atoms with Crippen molar-refractivity contribution in [1.29, 1.82) is 0 Å². The number of aliphatic hydroxyl groups is 1. The molecule has 21 heavy (non-hydrogen) atoms. The standard InChI is InChI=1S/C15H12ClF2NO2/c16-9-5-6-13(18)11(7-9)15(21)19-8-14(20)10-3-1-2-4-12(10)17/h1-7,14,20H,8H2,(H,19,21). The predicted molar refractivity (Wildman–Crippen MR) is 75.1 cm³/mol. The normalized spacial score (nSPS) is 12.0. The van der Waals surface area contributed by atoms with Crippen molar-refractivity contribution in [3.63, 3.8) is 0 Å². The highest BCUT2D eigenvalue weighted by Gasteiger charge is 2.16. The van der Waals surface area contributed by atoms with E-state index in [1.165, 1.54) is 30.3 Å². The second kappa shape index (κ2) is 6.65. The van der Waals surface area contributed by atoms with Gasteiger partial charge in [0, 0.05) is 17.1 Å². The number of benzene rings is 2. The van der Waals surface area contributed by atoms with Crippen LogP contribution in [0.5, 0.6) is 0 Å². The SMILES string of the molecule is O=C(NCC(O)c1ccccc1F)c1cc(Cl)ccc1F. The van der Waals surface area contributed by atoms with Crippen LogP contribution >= 0.6 is 11.6 Å². The fraction of sp³-hybridized carbons (Fsp3) is 0.133. The second-order valence-electron chi connectivity index (χ2n) is 4.37. The molecule has 110 valence electrons. The van der Waals surface area contributed by atoms with Crippen molar-refractivity contribution >= 4 is 17.5 Å². The van der Waals surface area contributed by atoms with Crippen molar-refractivity contribution in [1.82, 2.24) is 5.32 Å². The van der Waals surface area contributed by atoms with E-state index in [0.717, 1.165) is 6.07 Å². The molecule has 1 amide bonds. The molecule has 6 heteroatoms. The molecule has 0 aliphatic carbocycles. The van der Waals surface area contributed by atoms with Crippen LogP contribution in [0.1, 0.15) is 22.0 Å². The number of halogens is 3. The molecular formula is C15H12ClF2NO2. The topological polar surface area (TPSA) is 49.3 Å². The molecule has 0 saturated carbocycles. The monoisotopic (exact) mass is 311 g/mol. The maximum Gasteiger partial charge on any atom is 0.254 e. The molecule has 2 aromatic carbocycles. The van der Waals surface area contributed by atoms with Gasteiger partial charge in [-0.1, -0.05) is 29.8 Å². The van der Waals surface area contributed by atoms with Gasteiger partial charge in [0.2, 0.25) is 0 Å². The summed E-state index contributed by atoms with van der Waals surface area (Å²) >= 11 is 5.69. The molecule has 0 aromatic heterocycles. The highest BCUT2D eigenvalue weighted by molar-refractivity contribution is 6.30. The van der Waals surface area contributed by atoms with Crippen LogP contribution in [0.25, 0.3) is 0 Å². The van der Waals surface area contributed by atoms with Gasteiger partial charge in [-0.05, 0) is 24.3 Å². The number of hydrogen-bond donors (Lipinski definition) is 2. The number of carbonyl (C=O) groups excluding carboxylic acids is 1. The van der Waals surface area contributed by atoms with Crippen LogP contribution in [0.3, 0.4) is 0 Å². The average Bonchev–Trinajstić information content (AvgIpc) is 2.47. The third-order valence-corrected chi connectivity index (χ3v) is 3.13. The number of rotatable bonds is 4. The molecule has 1 unspecified atom stereocenters. The molecule has 0 aliphatic heterocycles. The first-order valence-electron chi connectivity index (χ1n) is 6.15. The highest BCUT2D eigenvalue weighted by atomic mass is 35.5. The third-order valence-electron chi connectivity index (χ3n) is 2.89. The minimum Gasteiger partial charge on any atom is -0.386 e. The molecule has 0 bridgehead atoms. The van der Waals surface area contributed by atoms with E-state index in [9.17, 15) is 18.7 Å². The van der Waals surface area contributed by atoms with Gasteiger partial charge in [0.05, 0.1) is 11.7 Å². The molecule has 2 aromatic rings. The van der Waals surface area contributed by atoms with Crippen molar-refractivity contribution in [2.75, 3.05) is 6.54 Å². The number of hydrogen-bond acceptors (Lipinski definition) is 2. The first-order valence-corrected chi connectivity index (χ1v) is 6.52. The molecule has 0 fully saturated rings. The molecule has 0 saturated heterocycles. The van der Waals surface area contributed by atoms with Gasteiger partial charge in [0.25, 0.3) is 5.91 Å². The fourth-order valence-corrected chi connectivity index (χ4v) is 1.98. The summed E-state index contributed by atoms with van der Waals surface area (Å²) in [6.07, 6.45) is -1.22. The minimum atomic E-state index is -1.22. The first-order chi connectivity index (χ1) is 9.99. The van der Waals surface area contributed by atoms with Gasteiger partial charge >= 0.3 is 0 Å². The zero-order chi connectivity index (χ0) is 15.4. The van der Waals surface area contributed by atoms with Crippen LogP contribution in [-0.4, -0.2) is 17.6 Å². The summed E-state index contributed by atoms with van der Waals surface area (Å²) in [5.74, 6) is -2.03.